The van der Waals surface area contributed by atoms with E-state index in [0.717, 1.165) is 18.8 Å². The van der Waals surface area contributed by atoms with Gasteiger partial charge in [-0.15, -0.1) is 10.2 Å². The molecule has 0 saturated carbocycles. The Kier molecular flexibility index (Phi) is 12.8. The van der Waals surface area contributed by atoms with Crippen LogP contribution in [0.3, 0.4) is 0 Å². The fourth-order valence-electron chi connectivity index (χ4n) is 1.90. The number of aromatic nitrogens is 1. The van der Waals surface area contributed by atoms with Crippen LogP contribution in [-0.4, -0.2) is 23.2 Å². The molecule has 0 spiro atoms. The van der Waals surface area contributed by atoms with Gasteiger partial charge < -0.3 is 34.8 Å². The summed E-state index contributed by atoms with van der Waals surface area (Å²) in [4.78, 5) is 6.20. The van der Waals surface area contributed by atoms with E-state index in [1.807, 2.05) is 18.2 Å². The molecule has 0 aliphatic carbocycles. The maximum Gasteiger partial charge on any atom is 2.00 e. The first kappa shape index (κ1) is 24.0. The molecule has 1 aromatic heterocycles. The van der Waals surface area contributed by atoms with Gasteiger partial charge in [0.05, 0.1) is 0 Å². The average molecular weight is 407 g/mol. The van der Waals surface area contributed by atoms with Crippen LogP contribution in [0, 0.1) is 0 Å². The fourth-order valence-corrected chi connectivity index (χ4v) is 1.90. The Balaban J connectivity index is 0. The third-order valence-corrected chi connectivity index (χ3v) is 3.00. The van der Waals surface area contributed by atoms with Gasteiger partial charge in [-0.1, -0.05) is 6.07 Å². The summed E-state index contributed by atoms with van der Waals surface area (Å²) in [5, 5.41) is 18.0. The van der Waals surface area contributed by atoms with Crippen LogP contribution < -0.4 is 29.7 Å². The van der Waals surface area contributed by atoms with Crippen molar-refractivity contribution >= 4 is 17.2 Å². The summed E-state index contributed by atoms with van der Waals surface area (Å²) in [6.45, 7) is 5.94. The van der Waals surface area contributed by atoms with Crippen LogP contribution in [0.15, 0.2) is 52.8 Å². The first-order chi connectivity index (χ1) is 9.74. The van der Waals surface area contributed by atoms with E-state index in [4.69, 9.17) is 0 Å². The van der Waals surface area contributed by atoms with E-state index >= 15 is 0 Å². The van der Waals surface area contributed by atoms with E-state index in [0.29, 0.717) is 11.5 Å². The van der Waals surface area contributed by atoms with E-state index in [9.17, 15) is 5.11 Å². The largest absolute Gasteiger partial charge is 2.00 e. The fraction of sp³-hybridized carbons (Fsp3) is 0.267. The third-order valence-electron chi connectivity index (χ3n) is 3.00. The summed E-state index contributed by atoms with van der Waals surface area (Å²) >= 11 is 0. The zero-order valence-electron chi connectivity index (χ0n) is 13.2. The Morgan fingerprint density at radius 2 is 1.74 bits per heavy atom. The van der Waals surface area contributed by atoms with Gasteiger partial charge in [-0.05, 0) is 38.1 Å². The minimum atomic E-state index is 0. The first-order valence-corrected chi connectivity index (χ1v) is 6.65. The van der Waals surface area contributed by atoms with Crippen molar-refractivity contribution in [1.82, 2.24) is 4.98 Å². The third kappa shape index (κ3) is 6.82. The van der Waals surface area contributed by atoms with E-state index in [1.165, 1.54) is 0 Å². The number of azo groups is 1. The van der Waals surface area contributed by atoms with Gasteiger partial charge in [0.15, 0.2) is 5.82 Å². The minimum absolute atomic E-state index is 0. The van der Waals surface area contributed by atoms with Crippen molar-refractivity contribution in [2.75, 3.05) is 18.0 Å². The van der Waals surface area contributed by atoms with Crippen molar-refractivity contribution in [3.05, 3.63) is 42.6 Å². The Hall–Kier alpha value is -1.23. The van der Waals surface area contributed by atoms with Crippen LogP contribution in [-0.2, 0) is 19.5 Å². The predicted molar refractivity (Wildman–Crippen MR) is 80.1 cm³/mol. The van der Waals surface area contributed by atoms with Gasteiger partial charge in [0.1, 0.15) is 11.4 Å². The molecule has 0 unspecified atom stereocenters. The molecular weight excluding hydrogens is 388 g/mol. The summed E-state index contributed by atoms with van der Waals surface area (Å²) < 4.78 is 0. The quantitative estimate of drug-likeness (QED) is 0.464. The van der Waals surface area contributed by atoms with Crippen LogP contribution in [0.5, 0.6) is 5.75 Å². The number of benzene rings is 1. The number of hydrogen-bond donors (Lipinski definition) is 1. The predicted octanol–water partition coefficient (Wildman–Crippen LogP) is -1.95. The molecule has 0 saturated heterocycles. The summed E-state index contributed by atoms with van der Waals surface area (Å²) in [6, 6.07) is 10.8. The molecule has 1 heterocycles. The van der Waals surface area contributed by atoms with Gasteiger partial charge >= 0.3 is 19.5 Å². The molecule has 120 valence electrons. The molecule has 1 aromatic carbocycles. The maximum absolute atomic E-state index is 10.0. The van der Waals surface area contributed by atoms with Gasteiger partial charge in [-0.2, -0.15) is 0 Å². The number of phenols is 1. The van der Waals surface area contributed by atoms with Crippen LogP contribution in [0.1, 0.15) is 13.8 Å². The first-order valence-electron chi connectivity index (χ1n) is 6.65. The van der Waals surface area contributed by atoms with Gasteiger partial charge in [-0.25, -0.2) is 4.98 Å². The number of phenolic OH excluding ortho intramolecular Hbond substituents is 1. The average Bonchev–Trinajstić information content (AvgIpc) is 2.49. The van der Waals surface area contributed by atoms with Crippen LogP contribution >= 0.6 is 0 Å². The zero-order valence-corrected chi connectivity index (χ0v) is 17.6. The molecule has 5 nitrogen and oxygen atoms in total. The summed E-state index contributed by atoms with van der Waals surface area (Å²) in [7, 11) is 0. The van der Waals surface area contributed by atoms with Crippen molar-refractivity contribution in [1.29, 1.82) is 0 Å². The number of aromatic hydroxyl groups is 1. The number of nitrogens with zero attached hydrogens (tertiary/aromatic N) is 4. The van der Waals surface area contributed by atoms with Crippen LogP contribution in [0.25, 0.3) is 0 Å². The molecule has 1 N–H and O–H groups in total. The number of hydrogen-bond acceptors (Lipinski definition) is 5. The second-order valence-corrected chi connectivity index (χ2v) is 4.23. The normalized spacial score (nSPS) is 9.48. The molecule has 0 bridgehead atoms. The molecule has 8 heteroatoms. The number of anilines is 1. The van der Waals surface area contributed by atoms with Gasteiger partial charge in [0, 0.05) is 31.0 Å². The van der Waals surface area contributed by atoms with Crippen molar-refractivity contribution in [2.24, 2.45) is 10.2 Å². The minimum Gasteiger partial charge on any atom is -1.00 e. The molecule has 0 aliphatic rings. The second kappa shape index (κ2) is 12.2. The number of pyridine rings is 1. The molecule has 0 radical (unpaired) electrons. The zero-order chi connectivity index (χ0) is 14.4. The molecule has 0 atom stereocenters. The van der Waals surface area contributed by atoms with E-state index in [2.05, 4.69) is 34.0 Å². The molecule has 0 aliphatic heterocycles. The van der Waals surface area contributed by atoms with E-state index < -0.39 is 0 Å². The smallest absolute Gasteiger partial charge is 1.00 e. The Morgan fingerprint density at radius 1 is 1.04 bits per heavy atom. The standard InChI is InChI=1S/C15H18N4O.2ClH.Zn/c1-3-19(4-2)12-8-9-13(14(20)11-12)17-18-15-7-5-6-10-16-15;;;/h5-11,20H,3-4H2,1-2H3;2*1H;/q;;;+2/p-2. The topological polar surface area (TPSA) is 61.1 Å². The van der Waals surface area contributed by atoms with Crippen molar-refractivity contribution < 1.29 is 49.4 Å². The van der Waals surface area contributed by atoms with Gasteiger partial charge in [0.2, 0.25) is 0 Å². The Bertz CT molecular complexity index is 595. The van der Waals surface area contributed by atoms with Crippen molar-refractivity contribution in [3.8, 4) is 5.75 Å². The van der Waals surface area contributed by atoms with Crippen LogP contribution in [0.4, 0.5) is 17.2 Å². The molecule has 23 heavy (non-hydrogen) atoms. The summed E-state index contributed by atoms with van der Waals surface area (Å²) in [5.74, 6) is 0.633. The van der Waals surface area contributed by atoms with Gasteiger partial charge in [0.25, 0.3) is 0 Å². The van der Waals surface area contributed by atoms with Crippen molar-refractivity contribution in [3.63, 3.8) is 0 Å². The summed E-state index contributed by atoms with van der Waals surface area (Å²) in [6.07, 6.45) is 1.65. The summed E-state index contributed by atoms with van der Waals surface area (Å²) in [5.41, 5.74) is 1.41. The van der Waals surface area contributed by atoms with E-state index in [-0.39, 0.29) is 50.0 Å². The molecule has 2 aromatic rings. The Labute approximate surface area is 161 Å². The van der Waals surface area contributed by atoms with Crippen molar-refractivity contribution in [2.45, 2.75) is 13.8 Å². The monoisotopic (exact) mass is 404 g/mol. The number of halogens is 2. The van der Waals surface area contributed by atoms with Crippen LogP contribution in [0.2, 0.25) is 0 Å². The van der Waals surface area contributed by atoms with E-state index in [1.54, 1.807) is 24.4 Å². The maximum atomic E-state index is 10.0. The Morgan fingerprint density at radius 3 is 2.26 bits per heavy atom. The molecule has 2 rings (SSSR count). The molecule has 0 fully saturated rings. The SMILES string of the molecule is CCN(CC)c1ccc(N=Nc2ccccn2)c(O)c1.[Cl-].[Cl-].[Zn+2]. The number of rotatable bonds is 5. The van der Waals surface area contributed by atoms with Gasteiger partial charge in [-0.3, -0.25) is 0 Å². The second-order valence-electron chi connectivity index (χ2n) is 4.23. The molecular formula is C15H18Cl2N4OZn. The molecule has 0 amide bonds.